The highest BCUT2D eigenvalue weighted by Gasteiger charge is 2.18. The molecule has 0 aromatic heterocycles. The molecule has 0 amide bonds. The lowest BCUT2D eigenvalue weighted by molar-refractivity contribution is 0.0856. The van der Waals surface area contributed by atoms with Crippen LogP contribution in [0, 0.1) is 0 Å². The predicted molar refractivity (Wildman–Crippen MR) is 59.8 cm³/mol. The van der Waals surface area contributed by atoms with Gasteiger partial charge in [-0.15, -0.1) is 0 Å². The van der Waals surface area contributed by atoms with Gasteiger partial charge in [0.2, 0.25) is 0 Å². The first-order valence-electron chi connectivity index (χ1n) is 6.02. The van der Waals surface area contributed by atoms with Crippen LogP contribution >= 0.6 is 0 Å². The van der Waals surface area contributed by atoms with Crippen molar-refractivity contribution < 1.29 is 13.9 Å². The third kappa shape index (κ3) is 5.18. The molecule has 5 heteroatoms. The maximum atomic E-state index is 12.2. The normalized spacial score (nSPS) is 22.3. The van der Waals surface area contributed by atoms with Crippen molar-refractivity contribution in [3.8, 4) is 0 Å². The fourth-order valence-electron chi connectivity index (χ4n) is 2.01. The summed E-state index contributed by atoms with van der Waals surface area (Å²) in [6.45, 7) is 5.60. The number of alkyl halides is 2. The summed E-state index contributed by atoms with van der Waals surface area (Å²) in [4.78, 5) is 3.97. The molecule has 1 saturated heterocycles. The molecule has 0 saturated carbocycles. The van der Waals surface area contributed by atoms with Crippen molar-refractivity contribution in [3.63, 3.8) is 0 Å². The smallest absolute Gasteiger partial charge is 0.251 e. The molecule has 1 fully saturated rings. The minimum Gasteiger partial charge on any atom is -0.392 e. The van der Waals surface area contributed by atoms with Crippen LogP contribution in [-0.2, 0) is 0 Å². The van der Waals surface area contributed by atoms with E-state index in [0.717, 1.165) is 32.5 Å². The summed E-state index contributed by atoms with van der Waals surface area (Å²) in [6.07, 6.45) is -0.880. The average molecular weight is 236 g/mol. The van der Waals surface area contributed by atoms with Gasteiger partial charge in [0.1, 0.15) is 0 Å². The second-order valence-corrected chi connectivity index (χ2v) is 4.41. The van der Waals surface area contributed by atoms with Crippen LogP contribution in [-0.4, -0.2) is 66.7 Å². The van der Waals surface area contributed by atoms with Gasteiger partial charge in [-0.05, 0) is 25.9 Å². The van der Waals surface area contributed by atoms with Crippen molar-refractivity contribution in [1.82, 2.24) is 9.80 Å². The molecule has 0 aromatic carbocycles. The topological polar surface area (TPSA) is 26.7 Å². The van der Waals surface area contributed by atoms with Gasteiger partial charge in [-0.2, -0.15) is 0 Å². The van der Waals surface area contributed by atoms with Crippen LogP contribution in [0.2, 0.25) is 0 Å². The van der Waals surface area contributed by atoms with Gasteiger partial charge in [0.05, 0.1) is 12.6 Å². The van der Waals surface area contributed by atoms with Crippen LogP contribution in [0.3, 0.4) is 0 Å². The monoisotopic (exact) mass is 236 g/mol. The molecule has 16 heavy (non-hydrogen) atoms. The van der Waals surface area contributed by atoms with Crippen LogP contribution in [0.15, 0.2) is 0 Å². The second-order valence-electron chi connectivity index (χ2n) is 4.41. The number of rotatable bonds is 5. The Labute approximate surface area is 96.0 Å². The molecular weight excluding hydrogens is 214 g/mol. The largest absolute Gasteiger partial charge is 0.392 e. The Balaban J connectivity index is 2.28. The molecule has 96 valence electrons. The Kier molecular flexibility index (Phi) is 6.16. The molecular formula is C11H22F2N2O. The molecule has 0 radical (unpaired) electrons. The van der Waals surface area contributed by atoms with Crippen LogP contribution in [0.5, 0.6) is 0 Å². The van der Waals surface area contributed by atoms with E-state index in [1.807, 2.05) is 11.8 Å². The zero-order valence-electron chi connectivity index (χ0n) is 9.91. The van der Waals surface area contributed by atoms with Crippen molar-refractivity contribution >= 4 is 0 Å². The van der Waals surface area contributed by atoms with Crippen LogP contribution < -0.4 is 0 Å². The summed E-state index contributed by atoms with van der Waals surface area (Å²) in [5.74, 6) is 0. The van der Waals surface area contributed by atoms with E-state index in [4.69, 9.17) is 0 Å². The van der Waals surface area contributed by atoms with Crippen LogP contribution in [0.4, 0.5) is 8.78 Å². The molecule has 0 bridgehead atoms. The number of nitrogens with zero attached hydrogens (tertiary/aromatic N) is 2. The number of aliphatic hydroxyl groups excluding tert-OH is 1. The SMILES string of the molecule is CCC(O)CN1CCCN(CC(F)F)CC1. The van der Waals surface area contributed by atoms with Crippen molar-refractivity contribution in [2.24, 2.45) is 0 Å². The summed E-state index contributed by atoms with van der Waals surface area (Å²) >= 11 is 0. The lowest BCUT2D eigenvalue weighted by atomic mass is 10.2. The zero-order valence-corrected chi connectivity index (χ0v) is 9.91. The maximum absolute atomic E-state index is 12.2. The van der Waals surface area contributed by atoms with Gasteiger partial charge < -0.3 is 5.11 Å². The van der Waals surface area contributed by atoms with Gasteiger partial charge in [-0.25, -0.2) is 8.78 Å². The Morgan fingerprint density at radius 1 is 1.06 bits per heavy atom. The number of halogens is 2. The van der Waals surface area contributed by atoms with E-state index in [2.05, 4.69) is 4.90 Å². The van der Waals surface area contributed by atoms with E-state index in [1.165, 1.54) is 0 Å². The van der Waals surface area contributed by atoms with Crippen LogP contribution in [0.1, 0.15) is 19.8 Å². The van der Waals surface area contributed by atoms with E-state index >= 15 is 0 Å². The maximum Gasteiger partial charge on any atom is 0.251 e. The molecule has 1 aliphatic rings. The lowest BCUT2D eigenvalue weighted by Crippen LogP contribution is -2.36. The van der Waals surface area contributed by atoms with Crippen molar-refractivity contribution in [2.45, 2.75) is 32.3 Å². The zero-order chi connectivity index (χ0) is 12.0. The first-order valence-corrected chi connectivity index (χ1v) is 6.02. The van der Waals surface area contributed by atoms with Gasteiger partial charge in [-0.3, -0.25) is 9.80 Å². The number of hydrogen-bond acceptors (Lipinski definition) is 3. The predicted octanol–water partition coefficient (Wildman–Crippen LogP) is 1.03. The average Bonchev–Trinajstić information content (AvgIpc) is 2.43. The molecule has 1 atom stereocenters. The molecule has 0 spiro atoms. The summed E-state index contributed by atoms with van der Waals surface area (Å²) in [5.41, 5.74) is 0. The third-order valence-corrected chi connectivity index (χ3v) is 3.02. The van der Waals surface area contributed by atoms with Gasteiger partial charge in [0.25, 0.3) is 6.43 Å². The summed E-state index contributed by atoms with van der Waals surface area (Å²) in [7, 11) is 0. The highest BCUT2D eigenvalue weighted by atomic mass is 19.3. The van der Waals surface area contributed by atoms with Gasteiger partial charge in [0.15, 0.2) is 0 Å². The standard InChI is InChI=1S/C11H22F2N2O/c1-2-10(16)8-14-4-3-5-15(7-6-14)9-11(12)13/h10-11,16H,2-9H2,1H3. The molecule has 0 aromatic rings. The highest BCUT2D eigenvalue weighted by Crippen LogP contribution is 2.07. The first-order chi connectivity index (χ1) is 7.61. The molecule has 1 rings (SSSR count). The summed E-state index contributed by atoms with van der Waals surface area (Å²) in [5, 5.41) is 9.54. The molecule has 1 heterocycles. The second kappa shape index (κ2) is 7.14. The Hall–Kier alpha value is -0.260. The van der Waals surface area contributed by atoms with E-state index in [-0.39, 0.29) is 12.6 Å². The molecule has 1 aliphatic heterocycles. The van der Waals surface area contributed by atoms with E-state index in [0.29, 0.717) is 13.1 Å². The fraction of sp³-hybridized carbons (Fsp3) is 1.00. The summed E-state index contributed by atoms with van der Waals surface area (Å²) in [6, 6.07) is 0. The van der Waals surface area contributed by atoms with E-state index < -0.39 is 6.43 Å². The Morgan fingerprint density at radius 2 is 1.62 bits per heavy atom. The van der Waals surface area contributed by atoms with E-state index in [9.17, 15) is 13.9 Å². The number of β-amino-alcohol motifs (C(OH)–C–C–N with tert-alkyl or cyclic N) is 1. The van der Waals surface area contributed by atoms with Gasteiger partial charge >= 0.3 is 0 Å². The van der Waals surface area contributed by atoms with Gasteiger partial charge in [0, 0.05) is 19.6 Å². The number of aliphatic hydroxyl groups is 1. The molecule has 3 nitrogen and oxygen atoms in total. The Bertz CT molecular complexity index is 193. The first kappa shape index (κ1) is 13.8. The summed E-state index contributed by atoms with van der Waals surface area (Å²) < 4.78 is 24.4. The van der Waals surface area contributed by atoms with Crippen molar-refractivity contribution in [3.05, 3.63) is 0 Å². The minimum absolute atomic E-state index is 0.121. The van der Waals surface area contributed by atoms with E-state index in [1.54, 1.807) is 0 Å². The van der Waals surface area contributed by atoms with Crippen molar-refractivity contribution in [2.75, 3.05) is 39.3 Å². The number of hydrogen-bond donors (Lipinski definition) is 1. The molecule has 1 N–H and O–H groups in total. The molecule has 0 aliphatic carbocycles. The fourth-order valence-corrected chi connectivity index (χ4v) is 2.01. The highest BCUT2D eigenvalue weighted by molar-refractivity contribution is 4.72. The Morgan fingerprint density at radius 3 is 2.12 bits per heavy atom. The third-order valence-electron chi connectivity index (χ3n) is 3.02. The quantitative estimate of drug-likeness (QED) is 0.772. The van der Waals surface area contributed by atoms with Crippen LogP contribution in [0.25, 0.3) is 0 Å². The van der Waals surface area contributed by atoms with Crippen molar-refractivity contribution in [1.29, 1.82) is 0 Å². The minimum atomic E-state index is -2.24. The molecule has 1 unspecified atom stereocenters. The lowest BCUT2D eigenvalue weighted by Gasteiger charge is -2.23. The van der Waals surface area contributed by atoms with Gasteiger partial charge in [-0.1, -0.05) is 6.92 Å².